The first-order chi connectivity index (χ1) is 10.6. The molecule has 1 saturated heterocycles. The number of amides is 2. The van der Waals surface area contributed by atoms with Gasteiger partial charge in [-0.3, -0.25) is 9.59 Å². The Morgan fingerprint density at radius 1 is 1.32 bits per heavy atom. The molecule has 2 rings (SSSR count). The van der Waals surface area contributed by atoms with Crippen molar-refractivity contribution < 1.29 is 9.59 Å². The molecule has 5 nitrogen and oxygen atoms in total. The Kier molecular flexibility index (Phi) is 5.95. The molecule has 1 aliphatic heterocycles. The monoisotopic (exact) mass is 303 g/mol. The highest BCUT2D eigenvalue weighted by atomic mass is 16.2. The molecule has 2 N–H and O–H groups in total. The van der Waals surface area contributed by atoms with Crippen LogP contribution in [0.5, 0.6) is 0 Å². The largest absolute Gasteiger partial charge is 0.341 e. The quantitative estimate of drug-likeness (QED) is 0.893. The third-order valence-electron chi connectivity index (χ3n) is 4.07. The van der Waals surface area contributed by atoms with Gasteiger partial charge in [-0.2, -0.15) is 0 Å². The predicted molar refractivity (Wildman–Crippen MR) is 85.9 cm³/mol. The van der Waals surface area contributed by atoms with Gasteiger partial charge in [-0.05, 0) is 18.4 Å². The van der Waals surface area contributed by atoms with Crippen molar-refractivity contribution in [2.24, 2.45) is 5.73 Å². The second-order valence-electron chi connectivity index (χ2n) is 5.92. The summed E-state index contributed by atoms with van der Waals surface area (Å²) in [5, 5.41) is 0. The standard InChI is InChI=1S/C17H25N3O2/c1-14(21)19(12-15-6-3-2-4-7-15)11-9-17(22)20-10-5-8-16(18)13-20/h2-4,6-7,16H,5,8-13,18H2,1H3. The molecular formula is C17H25N3O2. The number of nitrogens with zero attached hydrogens (tertiary/aromatic N) is 2. The highest BCUT2D eigenvalue weighted by Gasteiger charge is 2.22. The van der Waals surface area contributed by atoms with Gasteiger partial charge < -0.3 is 15.5 Å². The van der Waals surface area contributed by atoms with Crippen molar-refractivity contribution in [2.75, 3.05) is 19.6 Å². The van der Waals surface area contributed by atoms with E-state index < -0.39 is 0 Å². The molecule has 0 bridgehead atoms. The lowest BCUT2D eigenvalue weighted by atomic mass is 10.1. The number of carbonyl (C=O) groups is 2. The maximum Gasteiger partial charge on any atom is 0.224 e. The number of benzene rings is 1. The summed E-state index contributed by atoms with van der Waals surface area (Å²) in [6, 6.07) is 9.92. The smallest absolute Gasteiger partial charge is 0.224 e. The van der Waals surface area contributed by atoms with Crippen LogP contribution in [0.4, 0.5) is 0 Å². The molecule has 1 atom stereocenters. The van der Waals surface area contributed by atoms with E-state index in [0.717, 1.165) is 24.9 Å². The fourth-order valence-electron chi connectivity index (χ4n) is 2.78. The Morgan fingerprint density at radius 3 is 2.68 bits per heavy atom. The van der Waals surface area contributed by atoms with Crippen molar-refractivity contribution in [1.29, 1.82) is 0 Å². The molecule has 0 aliphatic carbocycles. The van der Waals surface area contributed by atoms with Crippen molar-refractivity contribution in [3.63, 3.8) is 0 Å². The molecule has 1 aliphatic rings. The Bertz CT molecular complexity index is 504. The Labute approximate surface area is 132 Å². The zero-order valence-corrected chi connectivity index (χ0v) is 13.2. The van der Waals surface area contributed by atoms with Gasteiger partial charge in [0.15, 0.2) is 0 Å². The summed E-state index contributed by atoms with van der Waals surface area (Å²) in [6.07, 6.45) is 2.31. The van der Waals surface area contributed by atoms with Gasteiger partial charge in [0.05, 0.1) is 0 Å². The fraction of sp³-hybridized carbons (Fsp3) is 0.529. The molecule has 0 radical (unpaired) electrons. The molecule has 120 valence electrons. The van der Waals surface area contributed by atoms with Gasteiger partial charge in [0.1, 0.15) is 0 Å². The zero-order valence-electron chi connectivity index (χ0n) is 13.2. The number of nitrogens with two attached hydrogens (primary N) is 1. The van der Waals surface area contributed by atoms with Crippen molar-refractivity contribution in [2.45, 2.75) is 38.8 Å². The minimum Gasteiger partial charge on any atom is -0.341 e. The minimum absolute atomic E-state index is 0.00741. The maximum atomic E-state index is 12.3. The van der Waals surface area contributed by atoms with Crippen LogP contribution in [0.25, 0.3) is 0 Å². The van der Waals surface area contributed by atoms with Crippen molar-refractivity contribution in [3.05, 3.63) is 35.9 Å². The summed E-state index contributed by atoms with van der Waals surface area (Å²) in [5.74, 6) is 0.0847. The molecule has 5 heteroatoms. The minimum atomic E-state index is -0.00741. The van der Waals surface area contributed by atoms with E-state index in [1.807, 2.05) is 35.2 Å². The Morgan fingerprint density at radius 2 is 2.05 bits per heavy atom. The maximum absolute atomic E-state index is 12.3. The van der Waals surface area contributed by atoms with Crippen LogP contribution in [0, 0.1) is 0 Å². The van der Waals surface area contributed by atoms with E-state index in [0.29, 0.717) is 26.1 Å². The summed E-state index contributed by atoms with van der Waals surface area (Å²) in [7, 11) is 0. The van der Waals surface area contributed by atoms with E-state index >= 15 is 0 Å². The summed E-state index contributed by atoms with van der Waals surface area (Å²) >= 11 is 0. The van der Waals surface area contributed by atoms with E-state index in [1.165, 1.54) is 0 Å². The molecule has 2 amide bonds. The van der Waals surface area contributed by atoms with Crippen molar-refractivity contribution >= 4 is 11.8 Å². The summed E-state index contributed by atoms with van der Waals surface area (Å²) < 4.78 is 0. The molecule has 1 heterocycles. The van der Waals surface area contributed by atoms with Gasteiger partial charge in [0.25, 0.3) is 0 Å². The number of piperidine rings is 1. The van der Waals surface area contributed by atoms with Gasteiger partial charge in [-0.15, -0.1) is 0 Å². The lowest BCUT2D eigenvalue weighted by Crippen LogP contribution is -2.46. The van der Waals surface area contributed by atoms with Gasteiger partial charge in [-0.1, -0.05) is 30.3 Å². The normalized spacial score (nSPS) is 18.1. The fourth-order valence-corrected chi connectivity index (χ4v) is 2.78. The van der Waals surface area contributed by atoms with Crippen LogP contribution in [0.2, 0.25) is 0 Å². The lowest BCUT2D eigenvalue weighted by Gasteiger charge is -2.31. The van der Waals surface area contributed by atoms with Crippen molar-refractivity contribution in [3.8, 4) is 0 Å². The molecular weight excluding hydrogens is 278 g/mol. The first-order valence-corrected chi connectivity index (χ1v) is 7.89. The zero-order chi connectivity index (χ0) is 15.9. The summed E-state index contributed by atoms with van der Waals surface area (Å²) in [5.41, 5.74) is 6.99. The Balaban J connectivity index is 1.86. The van der Waals surface area contributed by atoms with Crippen LogP contribution in [0.1, 0.15) is 31.7 Å². The third-order valence-corrected chi connectivity index (χ3v) is 4.07. The number of hydrogen-bond acceptors (Lipinski definition) is 3. The van der Waals surface area contributed by atoms with Crippen LogP contribution in [0.15, 0.2) is 30.3 Å². The molecule has 0 spiro atoms. The van der Waals surface area contributed by atoms with Gasteiger partial charge in [-0.25, -0.2) is 0 Å². The average Bonchev–Trinajstić information content (AvgIpc) is 2.51. The van der Waals surface area contributed by atoms with E-state index in [-0.39, 0.29) is 17.9 Å². The van der Waals surface area contributed by atoms with Crippen LogP contribution < -0.4 is 5.73 Å². The number of rotatable bonds is 5. The second-order valence-corrected chi connectivity index (χ2v) is 5.92. The highest BCUT2D eigenvalue weighted by Crippen LogP contribution is 2.11. The van der Waals surface area contributed by atoms with Crippen molar-refractivity contribution in [1.82, 2.24) is 9.80 Å². The lowest BCUT2D eigenvalue weighted by molar-refractivity contribution is -0.134. The van der Waals surface area contributed by atoms with Crippen LogP contribution in [-0.4, -0.2) is 47.3 Å². The molecule has 0 saturated carbocycles. The Hall–Kier alpha value is -1.88. The molecule has 1 aromatic carbocycles. The molecule has 1 unspecified atom stereocenters. The van der Waals surface area contributed by atoms with Gasteiger partial charge in [0.2, 0.25) is 11.8 Å². The van der Waals surface area contributed by atoms with Crippen LogP contribution in [0.3, 0.4) is 0 Å². The first-order valence-electron chi connectivity index (χ1n) is 7.89. The number of carbonyl (C=O) groups excluding carboxylic acids is 2. The summed E-state index contributed by atoms with van der Waals surface area (Å²) in [4.78, 5) is 27.6. The molecule has 1 aromatic rings. The highest BCUT2D eigenvalue weighted by molar-refractivity contribution is 5.78. The number of likely N-dealkylation sites (tertiary alicyclic amines) is 1. The topological polar surface area (TPSA) is 66.6 Å². The van der Waals surface area contributed by atoms with Gasteiger partial charge in [0, 0.05) is 45.6 Å². The first kappa shape index (κ1) is 16.5. The third kappa shape index (κ3) is 4.84. The second kappa shape index (κ2) is 7.94. The van der Waals surface area contributed by atoms with Gasteiger partial charge >= 0.3 is 0 Å². The molecule has 0 aromatic heterocycles. The van der Waals surface area contributed by atoms with E-state index in [2.05, 4.69) is 0 Å². The van der Waals surface area contributed by atoms with E-state index in [9.17, 15) is 9.59 Å². The van der Waals surface area contributed by atoms with E-state index in [4.69, 9.17) is 5.73 Å². The van der Waals surface area contributed by atoms with Crippen LogP contribution in [-0.2, 0) is 16.1 Å². The van der Waals surface area contributed by atoms with Crippen LogP contribution >= 0.6 is 0 Å². The van der Waals surface area contributed by atoms with E-state index in [1.54, 1.807) is 11.8 Å². The molecule has 22 heavy (non-hydrogen) atoms. The average molecular weight is 303 g/mol. The predicted octanol–water partition coefficient (Wildman–Crippen LogP) is 1.37. The SMILES string of the molecule is CC(=O)N(CCC(=O)N1CCCC(N)C1)Cc1ccccc1. The summed E-state index contributed by atoms with van der Waals surface area (Å²) in [6.45, 7) is 3.96. The molecule has 1 fully saturated rings. The number of hydrogen-bond donors (Lipinski definition) is 1.